The van der Waals surface area contributed by atoms with Gasteiger partial charge in [0.2, 0.25) is 0 Å². The molecule has 0 radical (unpaired) electrons. The van der Waals surface area contributed by atoms with Crippen LogP contribution in [-0.2, 0) is 11.0 Å². The molecule has 1 saturated heterocycles. The van der Waals surface area contributed by atoms with Gasteiger partial charge in [0, 0.05) is 13.1 Å². The molecule has 1 fully saturated rings. The third kappa shape index (κ3) is 2.79. The Morgan fingerprint density at radius 1 is 1.38 bits per heavy atom. The molecule has 1 aromatic heterocycles. The number of carbonyl (C=O) groups is 1. The molecule has 1 aliphatic heterocycles. The van der Waals surface area contributed by atoms with E-state index in [0.717, 1.165) is 6.07 Å². The maximum Gasteiger partial charge on any atom is 0.435 e. The first-order valence-corrected chi connectivity index (χ1v) is 6.56. The van der Waals surface area contributed by atoms with Gasteiger partial charge in [0.25, 0.3) is 0 Å². The fourth-order valence-electron chi connectivity index (χ4n) is 2.57. The third-order valence-corrected chi connectivity index (χ3v) is 4.10. The lowest BCUT2D eigenvalue weighted by atomic mass is 9.76. The first-order valence-electron chi connectivity index (χ1n) is 6.56. The summed E-state index contributed by atoms with van der Waals surface area (Å²) in [5, 5.41) is 16.2. The molecule has 0 aliphatic carbocycles. The molecule has 1 aliphatic rings. The van der Waals surface area contributed by atoms with E-state index in [1.54, 1.807) is 4.90 Å². The molecule has 8 heteroatoms. The third-order valence-electron chi connectivity index (χ3n) is 4.10. The first kappa shape index (κ1) is 15.5. The van der Waals surface area contributed by atoms with Gasteiger partial charge in [0.1, 0.15) is 0 Å². The van der Waals surface area contributed by atoms with Gasteiger partial charge in [-0.2, -0.15) is 13.2 Å². The maximum atomic E-state index is 12.4. The van der Waals surface area contributed by atoms with Crippen molar-refractivity contribution in [2.45, 2.75) is 26.4 Å². The van der Waals surface area contributed by atoms with Crippen LogP contribution < -0.4 is 4.90 Å². The summed E-state index contributed by atoms with van der Waals surface area (Å²) in [5.74, 6) is -0.700. The summed E-state index contributed by atoms with van der Waals surface area (Å²) in [4.78, 5) is 13.2. The number of hydrogen-bond donors (Lipinski definition) is 1. The van der Waals surface area contributed by atoms with Gasteiger partial charge in [0.05, 0.1) is 5.41 Å². The summed E-state index contributed by atoms with van der Waals surface area (Å²) in [6.45, 7) is 4.32. The van der Waals surface area contributed by atoms with E-state index in [9.17, 15) is 23.1 Å². The van der Waals surface area contributed by atoms with Gasteiger partial charge in [-0.15, -0.1) is 10.2 Å². The fraction of sp³-hybridized carbons (Fsp3) is 0.615. The first-order chi connectivity index (χ1) is 9.67. The zero-order valence-electron chi connectivity index (χ0n) is 11.7. The zero-order chi connectivity index (χ0) is 15.8. The van der Waals surface area contributed by atoms with Crippen molar-refractivity contribution in [3.8, 4) is 0 Å². The maximum absolute atomic E-state index is 12.4. The smallest absolute Gasteiger partial charge is 0.435 e. The molecule has 0 saturated carbocycles. The van der Waals surface area contributed by atoms with Gasteiger partial charge in [-0.25, -0.2) is 0 Å². The minimum atomic E-state index is -4.53. The highest BCUT2D eigenvalue weighted by Crippen LogP contribution is 2.39. The van der Waals surface area contributed by atoms with Crippen LogP contribution in [0.2, 0.25) is 0 Å². The van der Waals surface area contributed by atoms with Gasteiger partial charge in [-0.3, -0.25) is 4.79 Å². The van der Waals surface area contributed by atoms with Crippen molar-refractivity contribution in [3.05, 3.63) is 17.8 Å². The second-order valence-electron chi connectivity index (χ2n) is 5.56. The highest BCUT2D eigenvalue weighted by atomic mass is 19.4. The molecule has 0 amide bonds. The van der Waals surface area contributed by atoms with Crippen molar-refractivity contribution < 1.29 is 23.1 Å². The number of aliphatic carboxylic acids is 1. The molecule has 21 heavy (non-hydrogen) atoms. The standard InChI is InChI=1S/C13H16F3N3O2/c1-8(2)12(11(20)21)5-6-19(7-12)10-4-3-9(17-18-10)13(14,15)16/h3-4,8H,5-7H2,1-2H3,(H,20,21). The van der Waals surface area contributed by atoms with Crippen LogP contribution in [0.25, 0.3) is 0 Å². The molecular formula is C13H16F3N3O2. The average molecular weight is 303 g/mol. The fourth-order valence-corrected chi connectivity index (χ4v) is 2.57. The minimum absolute atomic E-state index is 0.0811. The lowest BCUT2D eigenvalue weighted by Crippen LogP contribution is -2.39. The number of anilines is 1. The Kier molecular flexibility index (Phi) is 3.81. The van der Waals surface area contributed by atoms with Crippen molar-refractivity contribution in [3.63, 3.8) is 0 Å². The Hall–Kier alpha value is -1.86. The zero-order valence-corrected chi connectivity index (χ0v) is 11.7. The summed E-state index contributed by atoms with van der Waals surface area (Å²) in [7, 11) is 0. The highest BCUT2D eigenvalue weighted by molar-refractivity contribution is 5.77. The van der Waals surface area contributed by atoms with E-state index in [-0.39, 0.29) is 18.3 Å². The van der Waals surface area contributed by atoms with Gasteiger partial charge >= 0.3 is 12.1 Å². The van der Waals surface area contributed by atoms with Crippen molar-refractivity contribution >= 4 is 11.8 Å². The number of aromatic nitrogens is 2. The summed E-state index contributed by atoms with van der Waals surface area (Å²) < 4.78 is 37.3. The number of rotatable bonds is 3. The second-order valence-corrected chi connectivity index (χ2v) is 5.56. The van der Waals surface area contributed by atoms with E-state index in [4.69, 9.17) is 0 Å². The molecule has 1 atom stereocenters. The van der Waals surface area contributed by atoms with Gasteiger partial charge in [-0.1, -0.05) is 13.8 Å². The van der Waals surface area contributed by atoms with E-state index < -0.39 is 23.3 Å². The van der Waals surface area contributed by atoms with Crippen molar-refractivity contribution in [1.82, 2.24) is 10.2 Å². The molecule has 2 rings (SSSR count). The van der Waals surface area contributed by atoms with Crippen molar-refractivity contribution in [2.75, 3.05) is 18.0 Å². The highest BCUT2D eigenvalue weighted by Gasteiger charge is 2.47. The predicted molar refractivity (Wildman–Crippen MR) is 68.8 cm³/mol. The lowest BCUT2D eigenvalue weighted by Gasteiger charge is -2.28. The van der Waals surface area contributed by atoms with Gasteiger partial charge in [-0.05, 0) is 24.5 Å². The SMILES string of the molecule is CC(C)C1(C(=O)O)CCN(c2ccc(C(F)(F)F)nn2)C1. The molecule has 0 spiro atoms. The van der Waals surface area contributed by atoms with E-state index in [1.807, 2.05) is 13.8 Å². The van der Waals surface area contributed by atoms with Crippen LogP contribution in [-0.4, -0.2) is 34.4 Å². The normalized spacial score (nSPS) is 22.9. The van der Waals surface area contributed by atoms with Crippen LogP contribution in [0.5, 0.6) is 0 Å². The molecule has 1 unspecified atom stereocenters. The molecular weight excluding hydrogens is 287 g/mol. The van der Waals surface area contributed by atoms with Crippen LogP contribution in [0.4, 0.5) is 19.0 Å². The number of hydrogen-bond acceptors (Lipinski definition) is 4. The molecule has 116 valence electrons. The Morgan fingerprint density at radius 3 is 2.43 bits per heavy atom. The number of alkyl halides is 3. The van der Waals surface area contributed by atoms with Crippen LogP contribution in [0, 0.1) is 11.3 Å². The van der Waals surface area contributed by atoms with E-state index in [1.165, 1.54) is 6.07 Å². The topological polar surface area (TPSA) is 66.3 Å². The summed E-state index contributed by atoms with van der Waals surface area (Å²) in [6.07, 6.45) is -4.10. The lowest BCUT2D eigenvalue weighted by molar-refractivity contribution is -0.150. The van der Waals surface area contributed by atoms with E-state index >= 15 is 0 Å². The number of halogens is 3. The Labute approximate surface area is 119 Å². The summed E-state index contributed by atoms with van der Waals surface area (Å²) in [6, 6.07) is 2.09. The van der Waals surface area contributed by atoms with E-state index in [2.05, 4.69) is 10.2 Å². The molecule has 2 heterocycles. The average Bonchev–Trinajstić information content (AvgIpc) is 2.84. The predicted octanol–water partition coefficient (Wildman–Crippen LogP) is 2.43. The molecule has 5 nitrogen and oxygen atoms in total. The number of carboxylic acid groups (broad SMARTS) is 1. The number of nitrogens with zero attached hydrogens (tertiary/aromatic N) is 3. The summed E-state index contributed by atoms with van der Waals surface area (Å²) >= 11 is 0. The minimum Gasteiger partial charge on any atom is -0.481 e. The second kappa shape index (κ2) is 5.16. The van der Waals surface area contributed by atoms with Crippen LogP contribution in [0.1, 0.15) is 26.0 Å². The molecule has 0 aromatic carbocycles. The van der Waals surface area contributed by atoms with Crippen molar-refractivity contribution in [2.24, 2.45) is 11.3 Å². The number of carboxylic acids is 1. The monoisotopic (exact) mass is 303 g/mol. The Balaban J connectivity index is 2.20. The summed E-state index contributed by atoms with van der Waals surface area (Å²) in [5.41, 5.74) is -1.96. The van der Waals surface area contributed by atoms with Gasteiger partial charge < -0.3 is 10.0 Å². The quantitative estimate of drug-likeness (QED) is 0.929. The van der Waals surface area contributed by atoms with Crippen LogP contribution in [0.3, 0.4) is 0 Å². The van der Waals surface area contributed by atoms with Crippen LogP contribution >= 0.6 is 0 Å². The Bertz CT molecular complexity index is 530. The van der Waals surface area contributed by atoms with E-state index in [0.29, 0.717) is 13.0 Å². The Morgan fingerprint density at radius 2 is 2.05 bits per heavy atom. The molecule has 1 aromatic rings. The van der Waals surface area contributed by atoms with Crippen molar-refractivity contribution in [1.29, 1.82) is 0 Å². The molecule has 0 bridgehead atoms. The van der Waals surface area contributed by atoms with Crippen LogP contribution in [0.15, 0.2) is 12.1 Å². The largest absolute Gasteiger partial charge is 0.481 e. The van der Waals surface area contributed by atoms with Gasteiger partial charge in [0.15, 0.2) is 11.5 Å². The molecule has 1 N–H and O–H groups in total.